The molecule has 22 heavy (non-hydrogen) atoms. The second-order valence-electron chi connectivity index (χ2n) is 6.39. The van der Waals surface area contributed by atoms with Gasteiger partial charge in [-0.3, -0.25) is 4.79 Å². The number of halogens is 1. The number of amides is 1. The van der Waals surface area contributed by atoms with E-state index < -0.39 is 0 Å². The molecule has 1 unspecified atom stereocenters. The largest absolute Gasteiger partial charge is 0.489 e. The van der Waals surface area contributed by atoms with Crippen LogP contribution in [0.2, 0.25) is 0 Å². The van der Waals surface area contributed by atoms with Gasteiger partial charge in [0, 0.05) is 24.7 Å². The van der Waals surface area contributed by atoms with E-state index in [1.165, 1.54) is 19.0 Å². The highest BCUT2D eigenvalue weighted by Crippen LogP contribution is 2.31. The number of piperidine rings is 1. The zero-order chi connectivity index (χ0) is 15.1. The van der Waals surface area contributed by atoms with Crippen LogP contribution in [0.25, 0.3) is 5.83 Å². The van der Waals surface area contributed by atoms with E-state index in [4.69, 9.17) is 4.74 Å². The van der Waals surface area contributed by atoms with E-state index in [1.54, 1.807) is 18.2 Å². The summed E-state index contributed by atoms with van der Waals surface area (Å²) in [6.07, 6.45) is 3.67. The van der Waals surface area contributed by atoms with Crippen LogP contribution in [0.5, 0.6) is 5.75 Å². The third-order valence-corrected chi connectivity index (χ3v) is 4.80. The zero-order valence-electron chi connectivity index (χ0n) is 12.3. The Bertz CT molecular complexity index is 632. The molecule has 3 aliphatic heterocycles. The Balaban J connectivity index is 1.49. The van der Waals surface area contributed by atoms with Gasteiger partial charge in [0.25, 0.3) is 5.91 Å². The van der Waals surface area contributed by atoms with Crippen molar-refractivity contribution in [1.82, 2.24) is 10.2 Å². The van der Waals surface area contributed by atoms with Crippen LogP contribution in [0.3, 0.4) is 0 Å². The number of fused-ring (bicyclic) bond motifs is 3. The molecule has 0 radical (unpaired) electrons. The van der Waals surface area contributed by atoms with Crippen molar-refractivity contribution in [2.24, 2.45) is 5.92 Å². The summed E-state index contributed by atoms with van der Waals surface area (Å²) in [6.45, 7) is 3.47. The molecule has 116 valence electrons. The molecule has 5 heteroatoms. The first kappa shape index (κ1) is 13.8. The summed E-state index contributed by atoms with van der Waals surface area (Å²) in [6, 6.07) is 5.14. The van der Waals surface area contributed by atoms with E-state index in [0.29, 0.717) is 22.8 Å². The van der Waals surface area contributed by atoms with Crippen LogP contribution in [0.4, 0.5) is 4.39 Å². The molecule has 3 heterocycles. The van der Waals surface area contributed by atoms with E-state index in [2.05, 4.69) is 10.2 Å². The number of carbonyl (C=O) groups excluding carboxylic acids is 1. The average molecular weight is 302 g/mol. The molecule has 1 aromatic rings. The van der Waals surface area contributed by atoms with Gasteiger partial charge in [-0.15, -0.1) is 0 Å². The van der Waals surface area contributed by atoms with E-state index in [1.807, 2.05) is 0 Å². The molecule has 0 aromatic heterocycles. The normalized spacial score (nSPS) is 29.3. The highest BCUT2D eigenvalue weighted by molar-refractivity contribution is 5.95. The lowest BCUT2D eigenvalue weighted by atomic mass is 9.96. The number of hydrogen-bond acceptors (Lipinski definition) is 3. The number of ether oxygens (including phenoxy) is 1. The van der Waals surface area contributed by atoms with Crippen LogP contribution in [0.15, 0.2) is 24.3 Å². The Hall–Kier alpha value is -1.88. The monoisotopic (exact) mass is 302 g/mol. The van der Waals surface area contributed by atoms with Crippen molar-refractivity contribution in [1.29, 1.82) is 0 Å². The highest BCUT2D eigenvalue weighted by atomic mass is 19.1. The fraction of sp³-hybridized carbons (Fsp3) is 0.471. The molecule has 0 spiro atoms. The average Bonchev–Trinajstić information content (AvgIpc) is 2.86. The smallest absolute Gasteiger partial charge is 0.251 e. The van der Waals surface area contributed by atoms with E-state index in [9.17, 15) is 9.18 Å². The lowest BCUT2D eigenvalue weighted by Crippen LogP contribution is -2.47. The summed E-state index contributed by atoms with van der Waals surface area (Å²) in [5, 5.41) is 3.09. The van der Waals surface area contributed by atoms with Crippen LogP contribution in [0, 0.1) is 5.92 Å². The molecule has 3 aliphatic rings. The van der Waals surface area contributed by atoms with Gasteiger partial charge in [0.2, 0.25) is 0 Å². The molecule has 4 rings (SSSR count). The van der Waals surface area contributed by atoms with E-state index in [-0.39, 0.29) is 24.4 Å². The molecule has 3 atom stereocenters. The quantitative estimate of drug-likeness (QED) is 0.911. The first-order chi connectivity index (χ1) is 10.7. The van der Waals surface area contributed by atoms with Gasteiger partial charge in [0.1, 0.15) is 18.2 Å². The minimum Gasteiger partial charge on any atom is -0.489 e. The summed E-state index contributed by atoms with van der Waals surface area (Å²) < 4.78 is 19.2. The number of rotatable bonds is 2. The van der Waals surface area contributed by atoms with Gasteiger partial charge in [-0.2, -0.15) is 0 Å². The number of nitrogens with one attached hydrogen (secondary N) is 1. The fourth-order valence-corrected chi connectivity index (χ4v) is 3.73. The second-order valence-corrected chi connectivity index (χ2v) is 6.39. The molecular formula is C17H19FN2O2. The molecule has 4 nitrogen and oxygen atoms in total. The highest BCUT2D eigenvalue weighted by Gasteiger charge is 2.33. The van der Waals surface area contributed by atoms with Crippen LogP contribution >= 0.6 is 0 Å². The predicted octanol–water partition coefficient (Wildman–Crippen LogP) is 2.21. The van der Waals surface area contributed by atoms with Gasteiger partial charge < -0.3 is 15.0 Å². The third kappa shape index (κ3) is 2.50. The van der Waals surface area contributed by atoms with Gasteiger partial charge >= 0.3 is 0 Å². The summed E-state index contributed by atoms with van der Waals surface area (Å²) >= 11 is 0. The summed E-state index contributed by atoms with van der Waals surface area (Å²) in [5.74, 6) is 0.751. The fourth-order valence-electron chi connectivity index (χ4n) is 3.73. The maximum absolute atomic E-state index is 13.8. The molecule has 0 aliphatic carbocycles. The third-order valence-electron chi connectivity index (χ3n) is 4.80. The number of benzene rings is 1. The van der Waals surface area contributed by atoms with Gasteiger partial charge in [-0.05, 0) is 49.6 Å². The predicted molar refractivity (Wildman–Crippen MR) is 81.4 cm³/mol. The first-order valence-electron chi connectivity index (χ1n) is 7.85. The topological polar surface area (TPSA) is 41.6 Å². The second kappa shape index (κ2) is 5.39. The summed E-state index contributed by atoms with van der Waals surface area (Å²) in [4.78, 5) is 14.8. The Morgan fingerprint density at radius 2 is 2.27 bits per heavy atom. The maximum Gasteiger partial charge on any atom is 0.251 e. The van der Waals surface area contributed by atoms with Crippen LogP contribution in [0.1, 0.15) is 28.8 Å². The summed E-state index contributed by atoms with van der Waals surface area (Å²) in [5.41, 5.74) is 0.854. The van der Waals surface area contributed by atoms with Gasteiger partial charge in [0.15, 0.2) is 0 Å². The number of nitrogens with zero attached hydrogens (tertiary/aromatic N) is 1. The molecule has 1 amide bonds. The molecular weight excluding hydrogens is 283 g/mol. The van der Waals surface area contributed by atoms with Crippen molar-refractivity contribution in [3.05, 3.63) is 35.4 Å². The molecule has 1 aromatic carbocycles. The van der Waals surface area contributed by atoms with E-state index >= 15 is 0 Å². The first-order valence-corrected chi connectivity index (χ1v) is 7.85. The van der Waals surface area contributed by atoms with Gasteiger partial charge in [-0.25, -0.2) is 4.39 Å². The number of carbonyl (C=O) groups is 1. The Kier molecular flexibility index (Phi) is 3.37. The van der Waals surface area contributed by atoms with Crippen molar-refractivity contribution < 1.29 is 13.9 Å². The van der Waals surface area contributed by atoms with Crippen LogP contribution in [-0.2, 0) is 0 Å². The van der Waals surface area contributed by atoms with Crippen molar-refractivity contribution in [2.45, 2.75) is 18.9 Å². The molecule has 2 bridgehead atoms. The van der Waals surface area contributed by atoms with Crippen molar-refractivity contribution >= 4 is 11.7 Å². The minimum atomic E-state index is -0.322. The van der Waals surface area contributed by atoms with Crippen molar-refractivity contribution in [2.75, 3.05) is 26.2 Å². The minimum absolute atomic E-state index is 0.131. The van der Waals surface area contributed by atoms with Crippen LogP contribution in [-0.4, -0.2) is 43.1 Å². The SMILES string of the molecule is O=C(N[C@@H]1C[C@H]2CCN(C2)C1)c1ccc2c(c1)C(F)=CCO2. The Labute approximate surface area is 128 Å². The Morgan fingerprint density at radius 1 is 1.36 bits per heavy atom. The molecule has 2 fully saturated rings. The van der Waals surface area contributed by atoms with E-state index in [0.717, 1.165) is 19.5 Å². The Morgan fingerprint density at radius 3 is 3.14 bits per heavy atom. The van der Waals surface area contributed by atoms with Gasteiger partial charge in [-0.1, -0.05) is 0 Å². The van der Waals surface area contributed by atoms with Crippen LogP contribution < -0.4 is 10.1 Å². The maximum atomic E-state index is 13.8. The number of hydrogen-bond donors (Lipinski definition) is 1. The zero-order valence-corrected chi connectivity index (χ0v) is 12.3. The van der Waals surface area contributed by atoms with Crippen molar-refractivity contribution in [3.8, 4) is 5.75 Å². The molecule has 0 saturated carbocycles. The standard InChI is InChI=1S/C17H19FN2O2/c18-15-4-6-22-16-2-1-12(8-14(15)16)17(21)19-13-7-11-3-5-20(9-11)10-13/h1-2,4,8,11,13H,3,5-7,9-10H2,(H,19,21)/t11-,13-/m1/s1. The van der Waals surface area contributed by atoms with Crippen molar-refractivity contribution in [3.63, 3.8) is 0 Å². The lowest BCUT2D eigenvalue weighted by Gasteiger charge is -2.30. The molecule has 1 N–H and O–H groups in total. The lowest BCUT2D eigenvalue weighted by molar-refractivity contribution is 0.0909. The summed E-state index contributed by atoms with van der Waals surface area (Å²) in [7, 11) is 0. The van der Waals surface area contributed by atoms with Gasteiger partial charge in [0.05, 0.1) is 5.56 Å². The molecule has 2 saturated heterocycles.